The predicted molar refractivity (Wildman–Crippen MR) is 78.9 cm³/mol. The van der Waals surface area contributed by atoms with Crippen LogP contribution in [0.15, 0.2) is 47.8 Å². The van der Waals surface area contributed by atoms with E-state index >= 15 is 0 Å². The van der Waals surface area contributed by atoms with Crippen LogP contribution in [-0.4, -0.2) is 25.7 Å². The molecule has 0 saturated heterocycles. The van der Waals surface area contributed by atoms with Crippen molar-refractivity contribution in [2.24, 2.45) is 0 Å². The van der Waals surface area contributed by atoms with Gasteiger partial charge in [-0.15, -0.1) is 11.3 Å². The molecule has 1 N–H and O–H groups in total. The first-order valence-electron chi connectivity index (χ1n) is 6.39. The Bertz CT molecular complexity index is 499. The molecule has 2 aromatic rings. The highest BCUT2D eigenvalue weighted by atomic mass is 32.1. The van der Waals surface area contributed by atoms with Gasteiger partial charge >= 0.3 is 0 Å². The van der Waals surface area contributed by atoms with Crippen LogP contribution in [0.4, 0.5) is 0 Å². The molecule has 1 heterocycles. The molecule has 0 atom stereocenters. The highest BCUT2D eigenvalue weighted by molar-refractivity contribution is 7.09. The van der Waals surface area contributed by atoms with Gasteiger partial charge in [0.1, 0.15) is 19.0 Å². The number of nitrogens with one attached hydrogen (secondary N) is 1. The molecule has 0 aliphatic heterocycles. The summed E-state index contributed by atoms with van der Waals surface area (Å²) in [7, 11) is 0. The van der Waals surface area contributed by atoms with E-state index in [9.17, 15) is 4.79 Å². The molecule has 4 nitrogen and oxygen atoms in total. The van der Waals surface area contributed by atoms with Gasteiger partial charge in [-0.05, 0) is 23.6 Å². The number of hydrogen-bond acceptors (Lipinski definition) is 4. The van der Waals surface area contributed by atoms with E-state index in [0.29, 0.717) is 19.8 Å². The molecule has 0 aliphatic rings. The average Bonchev–Trinajstić information content (AvgIpc) is 2.99. The van der Waals surface area contributed by atoms with Crippen molar-refractivity contribution in [3.8, 4) is 5.75 Å². The number of ether oxygens (including phenoxy) is 2. The minimum atomic E-state index is -0.113. The van der Waals surface area contributed by atoms with E-state index < -0.39 is 0 Å². The summed E-state index contributed by atoms with van der Waals surface area (Å²) in [6.45, 7) is 1.44. The largest absolute Gasteiger partial charge is 0.491 e. The second kappa shape index (κ2) is 8.35. The number of hydrogen-bond donors (Lipinski definition) is 1. The summed E-state index contributed by atoms with van der Waals surface area (Å²) in [6, 6.07) is 13.5. The van der Waals surface area contributed by atoms with Gasteiger partial charge in [0.2, 0.25) is 5.91 Å². The lowest BCUT2D eigenvalue weighted by Crippen LogP contribution is -2.27. The Labute approximate surface area is 122 Å². The average molecular weight is 291 g/mol. The van der Waals surface area contributed by atoms with Gasteiger partial charge in [0.25, 0.3) is 0 Å². The number of amides is 1. The third-order valence-electron chi connectivity index (χ3n) is 2.51. The number of carbonyl (C=O) groups is 1. The van der Waals surface area contributed by atoms with Crippen LogP contribution >= 0.6 is 11.3 Å². The number of benzene rings is 1. The fourth-order valence-corrected chi connectivity index (χ4v) is 2.19. The summed E-state index contributed by atoms with van der Waals surface area (Å²) < 4.78 is 10.7. The SMILES string of the molecule is O=C(COCCOc1ccccc1)NCc1cccs1. The number of para-hydroxylation sites is 1. The number of rotatable bonds is 8. The third kappa shape index (κ3) is 5.42. The van der Waals surface area contributed by atoms with Crippen molar-refractivity contribution >= 4 is 17.2 Å². The molecular weight excluding hydrogens is 274 g/mol. The smallest absolute Gasteiger partial charge is 0.246 e. The molecule has 2 rings (SSSR count). The van der Waals surface area contributed by atoms with Gasteiger partial charge in [0.15, 0.2) is 0 Å². The van der Waals surface area contributed by atoms with Gasteiger partial charge in [0.05, 0.1) is 13.2 Å². The topological polar surface area (TPSA) is 47.6 Å². The van der Waals surface area contributed by atoms with E-state index in [-0.39, 0.29) is 12.5 Å². The summed E-state index contributed by atoms with van der Waals surface area (Å²) in [4.78, 5) is 12.6. The van der Waals surface area contributed by atoms with Crippen molar-refractivity contribution in [2.45, 2.75) is 6.54 Å². The highest BCUT2D eigenvalue weighted by Crippen LogP contribution is 2.08. The van der Waals surface area contributed by atoms with Crippen LogP contribution in [0, 0.1) is 0 Å². The van der Waals surface area contributed by atoms with Crippen molar-refractivity contribution in [1.29, 1.82) is 0 Å². The molecule has 1 amide bonds. The van der Waals surface area contributed by atoms with Crippen LogP contribution in [0.25, 0.3) is 0 Å². The first kappa shape index (κ1) is 14.6. The molecule has 0 bridgehead atoms. The predicted octanol–water partition coefficient (Wildman–Crippen LogP) is 2.46. The van der Waals surface area contributed by atoms with E-state index in [4.69, 9.17) is 9.47 Å². The Balaban J connectivity index is 1.51. The highest BCUT2D eigenvalue weighted by Gasteiger charge is 2.02. The molecular formula is C15H17NO3S. The van der Waals surface area contributed by atoms with Crippen LogP contribution < -0.4 is 10.1 Å². The Hall–Kier alpha value is -1.85. The normalized spacial score (nSPS) is 10.2. The van der Waals surface area contributed by atoms with Gasteiger partial charge in [0, 0.05) is 4.88 Å². The Morgan fingerprint density at radius 3 is 2.70 bits per heavy atom. The maximum atomic E-state index is 11.5. The van der Waals surface area contributed by atoms with Gasteiger partial charge in [-0.3, -0.25) is 4.79 Å². The van der Waals surface area contributed by atoms with E-state index in [1.54, 1.807) is 11.3 Å². The second-order valence-electron chi connectivity index (χ2n) is 4.07. The minimum absolute atomic E-state index is 0.0591. The molecule has 1 aromatic heterocycles. The van der Waals surface area contributed by atoms with Crippen molar-refractivity contribution < 1.29 is 14.3 Å². The molecule has 0 aliphatic carbocycles. The Kier molecular flexibility index (Phi) is 6.07. The summed E-state index contributed by atoms with van der Waals surface area (Å²) in [5.41, 5.74) is 0. The maximum absolute atomic E-state index is 11.5. The summed E-state index contributed by atoms with van der Waals surface area (Å²) in [6.07, 6.45) is 0. The zero-order chi connectivity index (χ0) is 14.0. The monoisotopic (exact) mass is 291 g/mol. The molecule has 106 valence electrons. The molecule has 20 heavy (non-hydrogen) atoms. The maximum Gasteiger partial charge on any atom is 0.246 e. The van der Waals surface area contributed by atoms with Crippen LogP contribution in [0.2, 0.25) is 0 Å². The molecule has 0 saturated carbocycles. The minimum Gasteiger partial charge on any atom is -0.491 e. The molecule has 0 spiro atoms. The first-order chi connectivity index (χ1) is 9.84. The third-order valence-corrected chi connectivity index (χ3v) is 3.39. The van der Waals surface area contributed by atoms with Crippen molar-refractivity contribution in [2.75, 3.05) is 19.8 Å². The number of thiophene rings is 1. The summed E-state index contributed by atoms with van der Waals surface area (Å²) in [5, 5.41) is 4.78. The number of carbonyl (C=O) groups excluding carboxylic acids is 1. The van der Waals surface area contributed by atoms with E-state index in [2.05, 4.69) is 5.32 Å². The second-order valence-corrected chi connectivity index (χ2v) is 5.10. The molecule has 0 radical (unpaired) electrons. The zero-order valence-electron chi connectivity index (χ0n) is 11.1. The first-order valence-corrected chi connectivity index (χ1v) is 7.27. The lowest BCUT2D eigenvalue weighted by Gasteiger charge is -2.07. The molecule has 1 aromatic carbocycles. The lowest BCUT2D eigenvalue weighted by molar-refractivity contribution is -0.126. The van der Waals surface area contributed by atoms with Gasteiger partial charge in [-0.1, -0.05) is 24.3 Å². The van der Waals surface area contributed by atoms with Crippen molar-refractivity contribution in [1.82, 2.24) is 5.32 Å². The van der Waals surface area contributed by atoms with Crippen molar-refractivity contribution in [3.63, 3.8) is 0 Å². The lowest BCUT2D eigenvalue weighted by atomic mass is 10.3. The molecule has 0 fully saturated rings. The van der Waals surface area contributed by atoms with Crippen LogP contribution in [-0.2, 0) is 16.1 Å². The van der Waals surface area contributed by atoms with Gasteiger partial charge in [-0.25, -0.2) is 0 Å². The Morgan fingerprint density at radius 1 is 1.10 bits per heavy atom. The van der Waals surface area contributed by atoms with Crippen LogP contribution in [0.3, 0.4) is 0 Å². The molecule has 5 heteroatoms. The Morgan fingerprint density at radius 2 is 1.95 bits per heavy atom. The zero-order valence-corrected chi connectivity index (χ0v) is 11.9. The standard InChI is InChI=1S/C15H17NO3S/c17-15(16-11-14-7-4-10-20-14)12-18-8-9-19-13-5-2-1-3-6-13/h1-7,10H,8-9,11-12H2,(H,16,17). The summed E-state index contributed by atoms with van der Waals surface area (Å²) in [5.74, 6) is 0.691. The van der Waals surface area contributed by atoms with E-state index in [0.717, 1.165) is 10.6 Å². The fraction of sp³-hybridized carbons (Fsp3) is 0.267. The van der Waals surface area contributed by atoms with Crippen LogP contribution in [0.5, 0.6) is 5.75 Å². The summed E-state index contributed by atoms with van der Waals surface area (Å²) >= 11 is 1.62. The van der Waals surface area contributed by atoms with Crippen molar-refractivity contribution in [3.05, 3.63) is 52.7 Å². The van der Waals surface area contributed by atoms with Crippen LogP contribution in [0.1, 0.15) is 4.88 Å². The quantitative estimate of drug-likeness (QED) is 0.760. The van der Waals surface area contributed by atoms with Gasteiger partial charge in [-0.2, -0.15) is 0 Å². The van der Waals surface area contributed by atoms with Gasteiger partial charge < -0.3 is 14.8 Å². The van der Waals surface area contributed by atoms with E-state index in [1.807, 2.05) is 47.8 Å². The molecule has 0 unspecified atom stereocenters. The fourth-order valence-electron chi connectivity index (χ4n) is 1.55. The van der Waals surface area contributed by atoms with E-state index in [1.165, 1.54) is 0 Å².